The van der Waals surface area contributed by atoms with Gasteiger partial charge in [0, 0.05) is 17.3 Å². The monoisotopic (exact) mass is 325 g/mol. The highest BCUT2D eigenvalue weighted by molar-refractivity contribution is 9.10. The van der Waals surface area contributed by atoms with Crippen molar-refractivity contribution in [1.82, 2.24) is 0 Å². The maximum Gasteiger partial charge on any atom is 0.418 e. The van der Waals surface area contributed by atoms with Crippen LogP contribution < -0.4 is 5.32 Å². The zero-order valence-electron chi connectivity index (χ0n) is 10.4. The van der Waals surface area contributed by atoms with E-state index in [9.17, 15) is 13.2 Å². The largest absolute Gasteiger partial charge is 0.418 e. The maximum absolute atomic E-state index is 12.9. The number of hydrogen-bond acceptors (Lipinski definition) is 2. The van der Waals surface area contributed by atoms with Gasteiger partial charge in [-0.2, -0.15) is 13.2 Å². The van der Waals surface area contributed by atoms with Crippen LogP contribution in [-0.4, -0.2) is 19.3 Å². The number of ether oxygens (including phenoxy) is 1. The van der Waals surface area contributed by atoms with Gasteiger partial charge in [-0.15, -0.1) is 0 Å². The number of nitrogens with one attached hydrogen (secondary N) is 1. The van der Waals surface area contributed by atoms with Crippen LogP contribution in [0.3, 0.4) is 0 Å². The Labute approximate surface area is 113 Å². The van der Waals surface area contributed by atoms with Crippen LogP contribution in [0.1, 0.15) is 19.4 Å². The van der Waals surface area contributed by atoms with Crippen LogP contribution in [0.2, 0.25) is 0 Å². The fraction of sp³-hybridized carbons (Fsp3) is 0.500. The number of halogens is 4. The lowest BCUT2D eigenvalue weighted by atomic mass is 10.0. The van der Waals surface area contributed by atoms with Crippen molar-refractivity contribution in [2.45, 2.75) is 25.6 Å². The number of rotatable bonds is 4. The van der Waals surface area contributed by atoms with E-state index < -0.39 is 17.3 Å². The molecule has 0 saturated carbocycles. The molecule has 0 fully saturated rings. The van der Waals surface area contributed by atoms with E-state index in [-0.39, 0.29) is 5.69 Å². The zero-order chi connectivity index (χ0) is 14.0. The molecule has 1 aromatic carbocycles. The lowest BCUT2D eigenvalue weighted by Gasteiger charge is -2.28. The summed E-state index contributed by atoms with van der Waals surface area (Å²) in [5.41, 5.74) is -1.23. The minimum atomic E-state index is -4.39. The number of hydrogen-bond donors (Lipinski definition) is 1. The molecule has 0 spiro atoms. The number of anilines is 1. The van der Waals surface area contributed by atoms with Crippen molar-refractivity contribution in [3.05, 3.63) is 28.2 Å². The third-order valence-corrected chi connectivity index (χ3v) is 2.76. The maximum atomic E-state index is 12.9. The van der Waals surface area contributed by atoms with Gasteiger partial charge in [-0.05, 0) is 32.0 Å². The van der Waals surface area contributed by atoms with E-state index in [2.05, 4.69) is 21.2 Å². The molecule has 0 saturated heterocycles. The predicted octanol–water partition coefficient (Wildman–Crippen LogP) is 4.30. The molecule has 0 aliphatic carbocycles. The molecule has 0 aliphatic rings. The Hall–Kier alpha value is -0.750. The number of methoxy groups -OCH3 is 1. The van der Waals surface area contributed by atoms with Crippen molar-refractivity contribution < 1.29 is 17.9 Å². The summed E-state index contributed by atoms with van der Waals surface area (Å²) in [5, 5.41) is 2.86. The summed E-state index contributed by atoms with van der Waals surface area (Å²) in [5.74, 6) is 0. The Morgan fingerprint density at radius 2 is 1.89 bits per heavy atom. The molecule has 0 unspecified atom stereocenters. The molecule has 102 valence electrons. The summed E-state index contributed by atoms with van der Waals surface area (Å²) < 4.78 is 44.1. The van der Waals surface area contributed by atoms with Crippen molar-refractivity contribution in [1.29, 1.82) is 0 Å². The highest BCUT2D eigenvalue weighted by atomic mass is 79.9. The van der Waals surface area contributed by atoms with Crippen LogP contribution in [-0.2, 0) is 10.9 Å². The van der Waals surface area contributed by atoms with Crippen LogP contribution in [0.25, 0.3) is 0 Å². The Balaban J connectivity index is 3.09. The first kappa shape index (κ1) is 15.3. The molecule has 2 nitrogen and oxygen atoms in total. The summed E-state index contributed by atoms with van der Waals surface area (Å²) in [6.45, 7) is 3.86. The van der Waals surface area contributed by atoms with Crippen LogP contribution in [0.4, 0.5) is 18.9 Å². The van der Waals surface area contributed by atoms with Gasteiger partial charge in [0.05, 0.1) is 17.7 Å². The van der Waals surface area contributed by atoms with E-state index in [1.807, 2.05) is 0 Å². The van der Waals surface area contributed by atoms with Crippen LogP contribution in [0, 0.1) is 0 Å². The first-order valence-electron chi connectivity index (χ1n) is 5.29. The highest BCUT2D eigenvalue weighted by Crippen LogP contribution is 2.37. The molecule has 0 bridgehead atoms. The second-order valence-corrected chi connectivity index (χ2v) is 5.55. The first-order chi connectivity index (χ1) is 8.15. The summed E-state index contributed by atoms with van der Waals surface area (Å²) in [6, 6.07) is 4.04. The Bertz CT molecular complexity index is 418. The Morgan fingerprint density at radius 3 is 2.39 bits per heavy atom. The minimum Gasteiger partial charge on any atom is -0.382 e. The van der Waals surface area contributed by atoms with E-state index >= 15 is 0 Å². The van der Waals surface area contributed by atoms with Gasteiger partial charge < -0.3 is 10.1 Å². The summed E-state index contributed by atoms with van der Waals surface area (Å²) in [4.78, 5) is 0. The molecule has 0 atom stereocenters. The third-order valence-electron chi connectivity index (χ3n) is 2.27. The molecular weight excluding hydrogens is 311 g/mol. The Morgan fingerprint density at radius 1 is 1.28 bits per heavy atom. The van der Waals surface area contributed by atoms with Gasteiger partial charge in [-0.25, -0.2) is 0 Å². The van der Waals surface area contributed by atoms with E-state index in [0.717, 1.165) is 6.07 Å². The van der Waals surface area contributed by atoms with Gasteiger partial charge in [0.1, 0.15) is 0 Å². The number of benzene rings is 1. The van der Waals surface area contributed by atoms with Crippen LogP contribution in [0.5, 0.6) is 0 Å². The molecular formula is C12H15BrF3NO. The molecule has 1 aromatic rings. The topological polar surface area (TPSA) is 21.3 Å². The van der Waals surface area contributed by atoms with Crippen molar-refractivity contribution >= 4 is 21.6 Å². The van der Waals surface area contributed by atoms with Gasteiger partial charge in [-0.3, -0.25) is 0 Å². The van der Waals surface area contributed by atoms with Gasteiger partial charge in [0.25, 0.3) is 0 Å². The van der Waals surface area contributed by atoms with Gasteiger partial charge in [0.15, 0.2) is 0 Å². The second-order valence-electron chi connectivity index (χ2n) is 4.63. The predicted molar refractivity (Wildman–Crippen MR) is 68.7 cm³/mol. The normalized spacial score (nSPS) is 12.6. The van der Waals surface area contributed by atoms with Crippen molar-refractivity contribution in [3.63, 3.8) is 0 Å². The Kier molecular flexibility index (Phi) is 4.66. The van der Waals surface area contributed by atoms with Crippen molar-refractivity contribution in [2.24, 2.45) is 0 Å². The molecule has 6 heteroatoms. The van der Waals surface area contributed by atoms with E-state index in [4.69, 9.17) is 4.74 Å². The van der Waals surface area contributed by atoms with Crippen molar-refractivity contribution in [3.8, 4) is 0 Å². The fourth-order valence-corrected chi connectivity index (χ4v) is 1.98. The molecule has 1 N–H and O–H groups in total. The fourth-order valence-electron chi connectivity index (χ4n) is 1.62. The van der Waals surface area contributed by atoms with Gasteiger partial charge >= 0.3 is 6.18 Å². The lowest BCUT2D eigenvalue weighted by Crippen LogP contribution is -2.36. The first-order valence-corrected chi connectivity index (χ1v) is 6.09. The van der Waals surface area contributed by atoms with Gasteiger partial charge in [0.2, 0.25) is 0 Å². The SMILES string of the molecule is COCC(C)(C)Nc1ccc(Br)cc1C(F)(F)F. The zero-order valence-corrected chi connectivity index (χ0v) is 11.9. The smallest absolute Gasteiger partial charge is 0.382 e. The van der Waals surface area contributed by atoms with Crippen molar-refractivity contribution in [2.75, 3.05) is 19.0 Å². The third kappa shape index (κ3) is 4.17. The highest BCUT2D eigenvalue weighted by Gasteiger charge is 2.35. The molecule has 0 heterocycles. The van der Waals surface area contributed by atoms with Crippen LogP contribution in [0.15, 0.2) is 22.7 Å². The second kappa shape index (κ2) is 5.48. The molecule has 0 radical (unpaired) electrons. The summed E-state index contributed by atoms with van der Waals surface area (Å²) >= 11 is 3.05. The average Bonchev–Trinajstić information content (AvgIpc) is 2.18. The number of alkyl halides is 3. The summed E-state index contributed by atoms with van der Waals surface area (Å²) in [6.07, 6.45) is -4.39. The standard InChI is InChI=1S/C12H15BrF3NO/c1-11(2,7-18-3)17-10-5-4-8(13)6-9(10)12(14,15)16/h4-6,17H,7H2,1-3H3. The molecule has 0 amide bonds. The lowest BCUT2D eigenvalue weighted by molar-refractivity contribution is -0.137. The van der Waals surface area contributed by atoms with Gasteiger partial charge in [-0.1, -0.05) is 15.9 Å². The summed E-state index contributed by atoms with van der Waals surface area (Å²) in [7, 11) is 1.51. The molecule has 0 aromatic heterocycles. The molecule has 0 aliphatic heterocycles. The minimum absolute atomic E-state index is 0.0488. The van der Waals surface area contributed by atoms with E-state index in [1.54, 1.807) is 19.9 Å². The quantitative estimate of drug-likeness (QED) is 0.890. The average molecular weight is 326 g/mol. The van der Waals surface area contributed by atoms with E-state index in [0.29, 0.717) is 11.1 Å². The molecule has 1 rings (SSSR count). The van der Waals surface area contributed by atoms with E-state index in [1.165, 1.54) is 13.2 Å². The molecule has 18 heavy (non-hydrogen) atoms. The van der Waals surface area contributed by atoms with Crippen LogP contribution >= 0.6 is 15.9 Å².